The maximum absolute atomic E-state index is 11.1. The van der Waals surface area contributed by atoms with Crippen LogP contribution in [0.4, 0.5) is 11.6 Å². The molecular formula is C23H19N5O4. The van der Waals surface area contributed by atoms with Gasteiger partial charge in [-0.05, 0) is 35.9 Å². The van der Waals surface area contributed by atoms with Crippen molar-refractivity contribution in [2.45, 2.75) is 6.54 Å². The van der Waals surface area contributed by atoms with E-state index in [1.165, 1.54) is 7.11 Å². The number of rotatable bonds is 7. The van der Waals surface area contributed by atoms with E-state index in [9.17, 15) is 10.1 Å². The summed E-state index contributed by atoms with van der Waals surface area (Å²) in [5.74, 6) is 1.48. The number of nitrogens with one attached hydrogen (secondary N) is 2. The summed E-state index contributed by atoms with van der Waals surface area (Å²) in [7, 11) is 1.31. The number of esters is 1. The first-order chi connectivity index (χ1) is 15.7. The number of carbonyl (C=O) groups excluding carboxylic acids is 1. The Hall–Kier alpha value is -4.58. The van der Waals surface area contributed by atoms with Gasteiger partial charge in [0.1, 0.15) is 17.4 Å². The summed E-state index contributed by atoms with van der Waals surface area (Å²) in [5.41, 5.74) is 2.46. The van der Waals surface area contributed by atoms with Gasteiger partial charge in [0, 0.05) is 12.7 Å². The first-order valence-electron chi connectivity index (χ1n) is 9.70. The van der Waals surface area contributed by atoms with Crippen LogP contribution in [-0.4, -0.2) is 29.7 Å². The van der Waals surface area contributed by atoms with Crippen LogP contribution < -0.4 is 20.1 Å². The summed E-state index contributed by atoms with van der Waals surface area (Å²) in [6, 6.07) is 18.5. The maximum atomic E-state index is 11.1. The first-order valence-corrected chi connectivity index (χ1v) is 9.70. The largest absolute Gasteiger partial charge is 0.482 e. The van der Waals surface area contributed by atoms with E-state index in [2.05, 4.69) is 31.4 Å². The molecule has 0 spiro atoms. The van der Waals surface area contributed by atoms with Crippen molar-refractivity contribution in [2.75, 3.05) is 24.4 Å². The normalized spacial score (nSPS) is 13.1. The van der Waals surface area contributed by atoms with E-state index in [0.717, 1.165) is 11.3 Å². The zero-order valence-corrected chi connectivity index (χ0v) is 17.2. The van der Waals surface area contributed by atoms with Gasteiger partial charge < -0.3 is 24.8 Å². The standard InChI is InChI=1S/C23H19N5O4/c1-30-21(29)14-31-16-8-6-15(7-9-16)13-26-23-25-11-10-18(28-23)17(12-24)22-27-19-4-2-3-5-20(19)32-22/h2-11,27H,13-14H2,1H3,(H,25,26,28)/b22-17-. The fourth-order valence-corrected chi connectivity index (χ4v) is 2.92. The number of hydrogen-bond acceptors (Lipinski definition) is 9. The van der Waals surface area contributed by atoms with Gasteiger partial charge in [0.25, 0.3) is 0 Å². The van der Waals surface area contributed by atoms with Gasteiger partial charge in [-0.15, -0.1) is 0 Å². The molecule has 0 unspecified atom stereocenters. The predicted molar refractivity (Wildman–Crippen MR) is 117 cm³/mol. The minimum absolute atomic E-state index is 0.144. The number of carbonyl (C=O) groups is 1. The first kappa shape index (κ1) is 20.7. The highest BCUT2D eigenvalue weighted by Gasteiger charge is 2.22. The number of ether oxygens (including phenoxy) is 3. The van der Waals surface area contributed by atoms with E-state index in [-0.39, 0.29) is 12.2 Å². The number of hydrogen-bond donors (Lipinski definition) is 2. The molecule has 1 aromatic heterocycles. The van der Waals surface area contributed by atoms with Crippen molar-refractivity contribution in [3.8, 4) is 17.6 Å². The summed E-state index contributed by atoms with van der Waals surface area (Å²) in [6.45, 7) is 0.314. The Morgan fingerprint density at radius 3 is 2.75 bits per heavy atom. The van der Waals surface area contributed by atoms with E-state index in [1.54, 1.807) is 24.4 Å². The molecule has 0 fully saturated rings. The highest BCUT2D eigenvalue weighted by molar-refractivity contribution is 5.81. The third-order valence-corrected chi connectivity index (χ3v) is 4.56. The average molecular weight is 429 g/mol. The molecule has 2 aromatic carbocycles. The quantitative estimate of drug-likeness (QED) is 0.430. The van der Waals surface area contributed by atoms with Crippen LogP contribution in [-0.2, 0) is 16.1 Å². The van der Waals surface area contributed by atoms with Crippen molar-refractivity contribution in [2.24, 2.45) is 0 Å². The number of benzene rings is 2. The molecule has 0 saturated heterocycles. The number of methoxy groups -OCH3 is 1. The Morgan fingerprint density at radius 2 is 2.00 bits per heavy atom. The van der Waals surface area contributed by atoms with Gasteiger partial charge in [0.15, 0.2) is 12.4 Å². The molecule has 0 amide bonds. The lowest BCUT2D eigenvalue weighted by Crippen LogP contribution is -2.12. The second-order valence-corrected chi connectivity index (χ2v) is 6.67. The summed E-state index contributed by atoms with van der Waals surface area (Å²) in [5, 5.41) is 15.9. The molecular weight excluding hydrogens is 410 g/mol. The van der Waals surface area contributed by atoms with Crippen molar-refractivity contribution in [1.82, 2.24) is 9.97 Å². The van der Waals surface area contributed by atoms with Crippen LogP contribution in [0, 0.1) is 11.3 Å². The van der Waals surface area contributed by atoms with Crippen molar-refractivity contribution in [3.05, 3.63) is 77.9 Å². The zero-order valence-electron chi connectivity index (χ0n) is 17.2. The van der Waals surface area contributed by atoms with Gasteiger partial charge in [-0.3, -0.25) is 0 Å². The lowest BCUT2D eigenvalue weighted by Gasteiger charge is -2.09. The zero-order chi connectivity index (χ0) is 22.3. The van der Waals surface area contributed by atoms with Gasteiger partial charge in [-0.1, -0.05) is 24.3 Å². The molecule has 9 heteroatoms. The summed E-state index contributed by atoms with van der Waals surface area (Å²) in [6.07, 6.45) is 1.58. The summed E-state index contributed by atoms with van der Waals surface area (Å²) < 4.78 is 15.6. The summed E-state index contributed by atoms with van der Waals surface area (Å²) in [4.78, 5) is 19.8. The van der Waals surface area contributed by atoms with Crippen LogP contribution in [0.3, 0.4) is 0 Å². The molecule has 160 valence electrons. The third kappa shape index (κ3) is 4.76. The Balaban J connectivity index is 1.42. The Labute approximate surface area is 184 Å². The molecule has 0 aliphatic carbocycles. The Morgan fingerprint density at radius 1 is 1.19 bits per heavy atom. The molecule has 0 radical (unpaired) electrons. The molecule has 0 saturated carbocycles. The fourth-order valence-electron chi connectivity index (χ4n) is 2.92. The van der Waals surface area contributed by atoms with Crippen molar-refractivity contribution >= 4 is 23.2 Å². The molecule has 2 N–H and O–H groups in total. The SMILES string of the molecule is COC(=O)COc1ccc(CNc2nccc(/C(C#N)=C3/Nc4ccccc4O3)n2)cc1. The molecule has 0 bridgehead atoms. The number of para-hydroxylation sites is 2. The van der Waals surface area contributed by atoms with E-state index in [1.807, 2.05) is 36.4 Å². The van der Waals surface area contributed by atoms with Gasteiger partial charge in [0.2, 0.25) is 11.8 Å². The Bertz CT molecular complexity index is 1170. The number of allylic oxidation sites excluding steroid dienone is 1. The van der Waals surface area contributed by atoms with Crippen LogP contribution in [0.25, 0.3) is 5.57 Å². The van der Waals surface area contributed by atoms with E-state index in [0.29, 0.717) is 35.6 Å². The fraction of sp³-hybridized carbons (Fsp3) is 0.130. The van der Waals surface area contributed by atoms with Crippen LogP contribution >= 0.6 is 0 Å². The van der Waals surface area contributed by atoms with Crippen LogP contribution in [0.2, 0.25) is 0 Å². The van der Waals surface area contributed by atoms with Crippen molar-refractivity contribution in [1.29, 1.82) is 5.26 Å². The molecule has 32 heavy (non-hydrogen) atoms. The monoisotopic (exact) mass is 429 g/mol. The van der Waals surface area contributed by atoms with Gasteiger partial charge >= 0.3 is 5.97 Å². The highest BCUT2D eigenvalue weighted by atomic mass is 16.6. The third-order valence-electron chi connectivity index (χ3n) is 4.56. The minimum Gasteiger partial charge on any atom is -0.482 e. The predicted octanol–water partition coefficient (Wildman–Crippen LogP) is 3.34. The van der Waals surface area contributed by atoms with Gasteiger partial charge in [-0.25, -0.2) is 14.8 Å². The molecule has 3 aromatic rings. The van der Waals surface area contributed by atoms with Crippen LogP contribution in [0.15, 0.2) is 66.7 Å². The molecule has 2 heterocycles. The van der Waals surface area contributed by atoms with E-state index < -0.39 is 5.97 Å². The van der Waals surface area contributed by atoms with Gasteiger partial charge in [0.05, 0.1) is 18.5 Å². The van der Waals surface area contributed by atoms with Crippen molar-refractivity contribution < 1.29 is 19.0 Å². The number of fused-ring (bicyclic) bond motifs is 1. The van der Waals surface area contributed by atoms with E-state index >= 15 is 0 Å². The van der Waals surface area contributed by atoms with Crippen molar-refractivity contribution in [3.63, 3.8) is 0 Å². The minimum atomic E-state index is -0.443. The topological polar surface area (TPSA) is 118 Å². The summed E-state index contributed by atoms with van der Waals surface area (Å²) >= 11 is 0. The number of aromatic nitrogens is 2. The second kappa shape index (κ2) is 9.49. The average Bonchev–Trinajstić information content (AvgIpc) is 3.26. The molecule has 0 atom stereocenters. The molecule has 4 rings (SSSR count). The maximum Gasteiger partial charge on any atom is 0.343 e. The number of anilines is 2. The highest BCUT2D eigenvalue weighted by Crippen LogP contribution is 2.35. The molecule has 9 nitrogen and oxygen atoms in total. The Kier molecular flexibility index (Phi) is 6.13. The lowest BCUT2D eigenvalue weighted by molar-refractivity contribution is -0.142. The lowest BCUT2D eigenvalue weighted by atomic mass is 10.2. The second-order valence-electron chi connectivity index (χ2n) is 6.67. The number of nitrogens with zero attached hydrogens (tertiary/aromatic N) is 3. The van der Waals surface area contributed by atoms with Gasteiger partial charge in [-0.2, -0.15) is 5.26 Å². The molecule has 1 aliphatic heterocycles. The van der Waals surface area contributed by atoms with Crippen LogP contribution in [0.5, 0.6) is 11.5 Å². The smallest absolute Gasteiger partial charge is 0.343 e. The van der Waals surface area contributed by atoms with Crippen LogP contribution in [0.1, 0.15) is 11.3 Å². The van der Waals surface area contributed by atoms with E-state index in [4.69, 9.17) is 9.47 Å². The molecule has 1 aliphatic rings. The number of nitriles is 1.